The Hall–Kier alpha value is -0.300. The van der Waals surface area contributed by atoms with Crippen LogP contribution in [0.3, 0.4) is 0 Å². The summed E-state index contributed by atoms with van der Waals surface area (Å²) in [5.41, 5.74) is 0.414. The van der Waals surface area contributed by atoms with Gasteiger partial charge in [0.25, 0.3) is 0 Å². The minimum atomic E-state index is 0.414. The van der Waals surface area contributed by atoms with Crippen molar-refractivity contribution in [2.24, 2.45) is 5.92 Å². The van der Waals surface area contributed by atoms with E-state index in [9.17, 15) is 0 Å². The zero-order valence-corrected chi connectivity index (χ0v) is 10.7. The molecule has 1 unspecified atom stereocenters. The summed E-state index contributed by atoms with van der Waals surface area (Å²) >= 11 is 1.91. The first-order valence-electron chi connectivity index (χ1n) is 5.62. The molecule has 0 fully saturated rings. The standard InChI is InChI=1S/C13H22S/c1-5-8-13(4,10-11(2)3)12-7-6-9-14-12/h6-7,9,11H,5,8,10H2,1-4H3. The summed E-state index contributed by atoms with van der Waals surface area (Å²) in [4.78, 5) is 1.56. The average Bonchev–Trinajstić information content (AvgIpc) is 2.54. The van der Waals surface area contributed by atoms with Crippen LogP contribution in [0.1, 0.15) is 51.8 Å². The number of thiophene rings is 1. The molecule has 0 nitrogen and oxygen atoms in total. The molecule has 0 N–H and O–H groups in total. The average molecular weight is 210 g/mol. The monoisotopic (exact) mass is 210 g/mol. The molecule has 0 bridgehead atoms. The number of rotatable bonds is 5. The highest BCUT2D eigenvalue weighted by molar-refractivity contribution is 7.10. The third-order valence-electron chi connectivity index (χ3n) is 2.78. The number of hydrogen-bond acceptors (Lipinski definition) is 1. The predicted molar refractivity (Wildman–Crippen MR) is 66.0 cm³/mol. The molecule has 0 aromatic carbocycles. The van der Waals surface area contributed by atoms with Crippen LogP contribution in [0.5, 0.6) is 0 Å². The van der Waals surface area contributed by atoms with E-state index in [0.29, 0.717) is 5.41 Å². The van der Waals surface area contributed by atoms with Crippen molar-refractivity contribution in [3.05, 3.63) is 22.4 Å². The van der Waals surface area contributed by atoms with E-state index < -0.39 is 0 Å². The Morgan fingerprint density at radius 2 is 2.14 bits per heavy atom. The molecular formula is C13H22S. The molecule has 1 heteroatoms. The Bertz CT molecular complexity index is 248. The molecule has 0 saturated carbocycles. The van der Waals surface area contributed by atoms with Crippen LogP contribution in [-0.4, -0.2) is 0 Å². The van der Waals surface area contributed by atoms with E-state index in [0.717, 1.165) is 5.92 Å². The van der Waals surface area contributed by atoms with Gasteiger partial charge in [-0.1, -0.05) is 40.2 Å². The fourth-order valence-electron chi connectivity index (χ4n) is 2.40. The van der Waals surface area contributed by atoms with Crippen LogP contribution >= 0.6 is 11.3 Å². The van der Waals surface area contributed by atoms with E-state index in [-0.39, 0.29) is 0 Å². The Morgan fingerprint density at radius 3 is 2.57 bits per heavy atom. The molecule has 0 spiro atoms. The van der Waals surface area contributed by atoms with Crippen LogP contribution in [-0.2, 0) is 5.41 Å². The van der Waals surface area contributed by atoms with Gasteiger partial charge >= 0.3 is 0 Å². The molecule has 1 heterocycles. The maximum atomic E-state index is 2.42. The van der Waals surface area contributed by atoms with Crippen LogP contribution < -0.4 is 0 Å². The summed E-state index contributed by atoms with van der Waals surface area (Å²) < 4.78 is 0. The van der Waals surface area contributed by atoms with Gasteiger partial charge in [-0.2, -0.15) is 0 Å². The van der Waals surface area contributed by atoms with Crippen LogP contribution in [0.4, 0.5) is 0 Å². The highest BCUT2D eigenvalue weighted by Crippen LogP contribution is 2.37. The molecule has 0 amide bonds. The largest absolute Gasteiger partial charge is 0.148 e. The molecule has 0 saturated heterocycles. The molecule has 0 aliphatic carbocycles. The fourth-order valence-corrected chi connectivity index (χ4v) is 3.33. The molecule has 14 heavy (non-hydrogen) atoms. The van der Waals surface area contributed by atoms with E-state index in [1.54, 1.807) is 4.88 Å². The molecule has 1 aromatic rings. The van der Waals surface area contributed by atoms with Gasteiger partial charge in [0.15, 0.2) is 0 Å². The summed E-state index contributed by atoms with van der Waals surface area (Å²) in [6, 6.07) is 4.47. The van der Waals surface area contributed by atoms with Gasteiger partial charge in [-0.25, -0.2) is 0 Å². The predicted octanol–water partition coefficient (Wildman–Crippen LogP) is 4.85. The van der Waals surface area contributed by atoms with Crippen molar-refractivity contribution in [2.75, 3.05) is 0 Å². The van der Waals surface area contributed by atoms with Crippen LogP contribution in [0.2, 0.25) is 0 Å². The lowest BCUT2D eigenvalue weighted by Gasteiger charge is -2.30. The first-order chi connectivity index (χ1) is 6.58. The summed E-state index contributed by atoms with van der Waals surface area (Å²) in [5, 5.41) is 2.20. The first kappa shape index (κ1) is 11.8. The van der Waals surface area contributed by atoms with Crippen molar-refractivity contribution in [3.63, 3.8) is 0 Å². The van der Waals surface area contributed by atoms with Gasteiger partial charge in [0.1, 0.15) is 0 Å². The third-order valence-corrected chi connectivity index (χ3v) is 3.95. The normalized spacial score (nSPS) is 15.8. The topological polar surface area (TPSA) is 0 Å². The highest BCUT2D eigenvalue weighted by Gasteiger charge is 2.27. The molecule has 1 atom stereocenters. The van der Waals surface area contributed by atoms with Gasteiger partial charge < -0.3 is 0 Å². The van der Waals surface area contributed by atoms with Crippen molar-refractivity contribution < 1.29 is 0 Å². The summed E-state index contributed by atoms with van der Waals surface area (Å²) in [6.07, 6.45) is 3.90. The van der Waals surface area contributed by atoms with E-state index in [4.69, 9.17) is 0 Å². The van der Waals surface area contributed by atoms with Crippen molar-refractivity contribution >= 4 is 11.3 Å². The molecular weight excluding hydrogens is 188 g/mol. The lowest BCUT2D eigenvalue weighted by Crippen LogP contribution is -2.22. The van der Waals surface area contributed by atoms with E-state index >= 15 is 0 Å². The highest BCUT2D eigenvalue weighted by atomic mass is 32.1. The maximum Gasteiger partial charge on any atom is 0.0104 e. The quantitative estimate of drug-likeness (QED) is 0.651. The summed E-state index contributed by atoms with van der Waals surface area (Å²) in [6.45, 7) is 9.34. The van der Waals surface area contributed by atoms with Gasteiger partial charge in [-0.15, -0.1) is 11.3 Å². The molecule has 0 aliphatic rings. The van der Waals surface area contributed by atoms with Crippen molar-refractivity contribution in [1.82, 2.24) is 0 Å². The van der Waals surface area contributed by atoms with Gasteiger partial charge in [0, 0.05) is 10.3 Å². The second-order valence-electron chi connectivity index (χ2n) is 4.89. The first-order valence-corrected chi connectivity index (χ1v) is 6.50. The molecule has 0 radical (unpaired) electrons. The molecule has 0 aliphatic heterocycles. The van der Waals surface area contributed by atoms with Crippen molar-refractivity contribution in [1.29, 1.82) is 0 Å². The Morgan fingerprint density at radius 1 is 1.43 bits per heavy atom. The SMILES string of the molecule is CCCC(C)(CC(C)C)c1cccs1. The summed E-state index contributed by atoms with van der Waals surface area (Å²) in [7, 11) is 0. The summed E-state index contributed by atoms with van der Waals surface area (Å²) in [5.74, 6) is 0.786. The third kappa shape index (κ3) is 2.84. The Kier molecular flexibility index (Phi) is 4.18. The smallest absolute Gasteiger partial charge is 0.0104 e. The van der Waals surface area contributed by atoms with Crippen LogP contribution in [0, 0.1) is 5.92 Å². The van der Waals surface area contributed by atoms with Gasteiger partial charge in [-0.05, 0) is 30.2 Å². The zero-order chi connectivity index (χ0) is 10.6. The van der Waals surface area contributed by atoms with Gasteiger partial charge in [0.05, 0.1) is 0 Å². The lowest BCUT2D eigenvalue weighted by molar-refractivity contribution is 0.348. The van der Waals surface area contributed by atoms with Gasteiger partial charge in [-0.3, -0.25) is 0 Å². The van der Waals surface area contributed by atoms with Crippen LogP contribution in [0.25, 0.3) is 0 Å². The Balaban J connectivity index is 2.81. The Labute approximate surface area is 92.4 Å². The second kappa shape index (κ2) is 4.97. The van der Waals surface area contributed by atoms with E-state index in [1.165, 1.54) is 19.3 Å². The van der Waals surface area contributed by atoms with Crippen molar-refractivity contribution in [3.8, 4) is 0 Å². The molecule has 1 aromatic heterocycles. The van der Waals surface area contributed by atoms with E-state index in [2.05, 4.69) is 45.2 Å². The minimum Gasteiger partial charge on any atom is -0.148 e. The second-order valence-corrected chi connectivity index (χ2v) is 5.83. The van der Waals surface area contributed by atoms with Crippen LogP contribution in [0.15, 0.2) is 17.5 Å². The minimum absolute atomic E-state index is 0.414. The fraction of sp³-hybridized carbons (Fsp3) is 0.692. The lowest BCUT2D eigenvalue weighted by atomic mass is 9.77. The van der Waals surface area contributed by atoms with Gasteiger partial charge in [0.2, 0.25) is 0 Å². The van der Waals surface area contributed by atoms with E-state index in [1.807, 2.05) is 11.3 Å². The van der Waals surface area contributed by atoms with Crippen molar-refractivity contribution in [2.45, 2.75) is 52.4 Å². The zero-order valence-electron chi connectivity index (χ0n) is 9.84. The molecule has 1 rings (SSSR count). The maximum absolute atomic E-state index is 2.42. The molecule has 80 valence electrons. The number of hydrogen-bond donors (Lipinski definition) is 0.